The first-order chi connectivity index (χ1) is 11.7. The average Bonchev–Trinajstić information content (AvgIpc) is 2.63. The molecular weight excluding hydrogens is 322 g/mol. The summed E-state index contributed by atoms with van der Waals surface area (Å²) in [5.74, 6) is 2.37. The molecule has 3 nitrogen and oxygen atoms in total. The van der Waals surface area contributed by atoms with Crippen molar-refractivity contribution in [3.8, 4) is 17.2 Å². The Morgan fingerprint density at radius 1 is 0.750 bits per heavy atom. The van der Waals surface area contributed by atoms with Crippen LogP contribution in [0.4, 0.5) is 5.69 Å². The molecule has 3 aromatic carbocycles. The van der Waals surface area contributed by atoms with E-state index in [9.17, 15) is 0 Å². The Morgan fingerprint density at radius 3 is 1.88 bits per heavy atom. The molecule has 0 fully saturated rings. The molecule has 0 bridgehead atoms. The standard InChI is InChI=1S/C20H18ClNO2/c1-23-18-10-12-20(13-11-18)24-19-8-6-17(7-9-19)22-14-15-2-4-16(21)5-3-15/h2-13,22H,14H2,1H3. The van der Waals surface area contributed by atoms with Gasteiger partial charge in [-0.25, -0.2) is 0 Å². The van der Waals surface area contributed by atoms with Gasteiger partial charge in [0, 0.05) is 17.3 Å². The lowest BCUT2D eigenvalue weighted by molar-refractivity contribution is 0.413. The Morgan fingerprint density at radius 2 is 1.29 bits per heavy atom. The maximum atomic E-state index is 5.89. The minimum absolute atomic E-state index is 0.746. The van der Waals surface area contributed by atoms with Crippen LogP contribution < -0.4 is 14.8 Å². The highest BCUT2D eigenvalue weighted by Gasteiger charge is 1.99. The summed E-state index contributed by atoms with van der Waals surface area (Å²) >= 11 is 5.89. The number of ether oxygens (including phenoxy) is 2. The SMILES string of the molecule is COc1ccc(Oc2ccc(NCc3ccc(Cl)cc3)cc2)cc1. The summed E-state index contributed by atoms with van der Waals surface area (Å²) in [4.78, 5) is 0. The number of halogens is 1. The zero-order valence-electron chi connectivity index (χ0n) is 13.3. The van der Waals surface area contributed by atoms with Gasteiger partial charge in [0.15, 0.2) is 0 Å². The smallest absolute Gasteiger partial charge is 0.127 e. The van der Waals surface area contributed by atoms with Crippen LogP contribution in [0, 0.1) is 0 Å². The zero-order valence-corrected chi connectivity index (χ0v) is 14.1. The number of nitrogens with one attached hydrogen (secondary N) is 1. The zero-order chi connectivity index (χ0) is 16.8. The summed E-state index contributed by atoms with van der Waals surface area (Å²) in [6, 6.07) is 23.2. The van der Waals surface area contributed by atoms with Crippen LogP contribution >= 0.6 is 11.6 Å². The molecule has 0 atom stereocenters. The van der Waals surface area contributed by atoms with Gasteiger partial charge >= 0.3 is 0 Å². The van der Waals surface area contributed by atoms with E-state index in [0.29, 0.717) is 0 Å². The van der Waals surface area contributed by atoms with Gasteiger partial charge in [0.1, 0.15) is 17.2 Å². The normalized spacial score (nSPS) is 10.2. The van der Waals surface area contributed by atoms with E-state index in [0.717, 1.165) is 34.5 Å². The first kappa shape index (κ1) is 16.2. The first-order valence-corrected chi connectivity index (χ1v) is 8.01. The van der Waals surface area contributed by atoms with Crippen molar-refractivity contribution >= 4 is 17.3 Å². The van der Waals surface area contributed by atoms with Crippen LogP contribution in [0.15, 0.2) is 72.8 Å². The monoisotopic (exact) mass is 339 g/mol. The van der Waals surface area contributed by atoms with Gasteiger partial charge < -0.3 is 14.8 Å². The quantitative estimate of drug-likeness (QED) is 0.620. The Kier molecular flexibility index (Phi) is 5.24. The number of hydrogen-bond donors (Lipinski definition) is 1. The molecule has 0 amide bonds. The minimum Gasteiger partial charge on any atom is -0.497 e. The topological polar surface area (TPSA) is 30.5 Å². The van der Waals surface area contributed by atoms with Crippen molar-refractivity contribution in [1.29, 1.82) is 0 Å². The largest absolute Gasteiger partial charge is 0.497 e. The van der Waals surface area contributed by atoms with Crippen LogP contribution in [0.5, 0.6) is 17.2 Å². The van der Waals surface area contributed by atoms with Crippen LogP contribution in [-0.4, -0.2) is 7.11 Å². The van der Waals surface area contributed by atoms with Crippen molar-refractivity contribution in [2.24, 2.45) is 0 Å². The fraction of sp³-hybridized carbons (Fsp3) is 0.100. The Labute approximate surface area is 146 Å². The minimum atomic E-state index is 0.746. The van der Waals surface area contributed by atoms with Gasteiger partial charge in [-0.05, 0) is 66.2 Å². The molecule has 0 saturated heterocycles. The lowest BCUT2D eigenvalue weighted by atomic mass is 10.2. The molecule has 0 heterocycles. The van der Waals surface area contributed by atoms with E-state index in [1.165, 1.54) is 5.56 Å². The molecule has 0 aliphatic heterocycles. The van der Waals surface area contributed by atoms with E-state index in [-0.39, 0.29) is 0 Å². The van der Waals surface area contributed by atoms with Gasteiger partial charge in [0.2, 0.25) is 0 Å². The fourth-order valence-electron chi connectivity index (χ4n) is 2.23. The summed E-state index contributed by atoms with van der Waals surface area (Å²) in [7, 11) is 1.64. The van der Waals surface area contributed by atoms with Crippen LogP contribution in [-0.2, 0) is 6.54 Å². The highest BCUT2D eigenvalue weighted by molar-refractivity contribution is 6.30. The first-order valence-electron chi connectivity index (χ1n) is 7.63. The Hall–Kier alpha value is -2.65. The average molecular weight is 340 g/mol. The molecule has 1 N–H and O–H groups in total. The molecule has 0 aromatic heterocycles. The van der Waals surface area contributed by atoms with E-state index < -0.39 is 0 Å². The molecule has 0 aliphatic rings. The van der Waals surface area contributed by atoms with E-state index in [2.05, 4.69) is 5.32 Å². The number of methoxy groups -OCH3 is 1. The van der Waals surface area contributed by atoms with Crippen molar-refractivity contribution in [3.05, 3.63) is 83.4 Å². The fourth-order valence-corrected chi connectivity index (χ4v) is 2.35. The van der Waals surface area contributed by atoms with Gasteiger partial charge in [-0.3, -0.25) is 0 Å². The molecule has 24 heavy (non-hydrogen) atoms. The molecule has 4 heteroatoms. The summed E-state index contributed by atoms with van der Waals surface area (Å²) in [6.45, 7) is 0.746. The highest BCUT2D eigenvalue weighted by atomic mass is 35.5. The molecule has 0 aliphatic carbocycles. The van der Waals surface area contributed by atoms with E-state index in [1.54, 1.807) is 7.11 Å². The summed E-state index contributed by atoms with van der Waals surface area (Å²) in [5.41, 5.74) is 2.21. The summed E-state index contributed by atoms with van der Waals surface area (Å²) in [5, 5.41) is 4.12. The third kappa shape index (κ3) is 4.43. The molecule has 0 saturated carbocycles. The molecule has 0 unspecified atom stereocenters. The number of anilines is 1. The van der Waals surface area contributed by atoms with Crippen molar-refractivity contribution in [2.75, 3.05) is 12.4 Å². The molecule has 3 rings (SSSR count). The van der Waals surface area contributed by atoms with Crippen molar-refractivity contribution in [3.63, 3.8) is 0 Å². The Bertz CT molecular complexity index is 768. The molecule has 122 valence electrons. The van der Waals surface area contributed by atoms with Gasteiger partial charge in [0.25, 0.3) is 0 Å². The van der Waals surface area contributed by atoms with Gasteiger partial charge in [-0.2, -0.15) is 0 Å². The predicted octanol–water partition coefficient (Wildman–Crippen LogP) is 5.75. The third-order valence-electron chi connectivity index (χ3n) is 3.56. The lowest BCUT2D eigenvalue weighted by Gasteiger charge is -2.09. The molecule has 0 spiro atoms. The Balaban J connectivity index is 1.57. The summed E-state index contributed by atoms with van der Waals surface area (Å²) in [6.07, 6.45) is 0. The van der Waals surface area contributed by atoms with Crippen LogP contribution in [0.25, 0.3) is 0 Å². The van der Waals surface area contributed by atoms with Gasteiger partial charge in [0.05, 0.1) is 7.11 Å². The highest BCUT2D eigenvalue weighted by Crippen LogP contribution is 2.25. The third-order valence-corrected chi connectivity index (χ3v) is 3.81. The summed E-state index contributed by atoms with van der Waals surface area (Å²) < 4.78 is 10.9. The lowest BCUT2D eigenvalue weighted by Crippen LogP contribution is -1.98. The maximum Gasteiger partial charge on any atom is 0.127 e. The van der Waals surface area contributed by atoms with Crippen molar-refractivity contribution in [2.45, 2.75) is 6.54 Å². The van der Waals surface area contributed by atoms with Crippen LogP contribution in [0.3, 0.4) is 0 Å². The molecule has 3 aromatic rings. The second kappa shape index (κ2) is 7.75. The van der Waals surface area contributed by atoms with Crippen molar-refractivity contribution < 1.29 is 9.47 Å². The maximum absolute atomic E-state index is 5.89. The molecule has 0 radical (unpaired) electrons. The number of hydrogen-bond acceptors (Lipinski definition) is 3. The van der Waals surface area contributed by atoms with Crippen LogP contribution in [0.1, 0.15) is 5.56 Å². The van der Waals surface area contributed by atoms with E-state index in [1.807, 2.05) is 72.8 Å². The second-order valence-electron chi connectivity index (χ2n) is 5.28. The molecular formula is C20H18ClNO2. The van der Waals surface area contributed by atoms with E-state index >= 15 is 0 Å². The van der Waals surface area contributed by atoms with Gasteiger partial charge in [-0.1, -0.05) is 23.7 Å². The number of rotatable bonds is 6. The number of benzene rings is 3. The van der Waals surface area contributed by atoms with E-state index in [4.69, 9.17) is 21.1 Å². The predicted molar refractivity (Wildman–Crippen MR) is 98.3 cm³/mol. The van der Waals surface area contributed by atoms with Gasteiger partial charge in [-0.15, -0.1) is 0 Å². The van der Waals surface area contributed by atoms with Crippen molar-refractivity contribution in [1.82, 2.24) is 0 Å². The van der Waals surface area contributed by atoms with Crippen LogP contribution in [0.2, 0.25) is 5.02 Å². The second-order valence-corrected chi connectivity index (χ2v) is 5.72.